The van der Waals surface area contributed by atoms with Gasteiger partial charge in [0.2, 0.25) is 15.6 Å². The summed E-state index contributed by atoms with van der Waals surface area (Å²) >= 11 is 7.14. The molecule has 0 unspecified atom stereocenters. The second kappa shape index (κ2) is 6.52. The van der Waals surface area contributed by atoms with Crippen LogP contribution in [0.25, 0.3) is 0 Å². The molecule has 2 heterocycles. The van der Waals surface area contributed by atoms with Crippen LogP contribution in [0.4, 0.5) is 0 Å². The van der Waals surface area contributed by atoms with E-state index in [4.69, 9.17) is 16.3 Å². The van der Waals surface area contributed by atoms with Gasteiger partial charge < -0.3 is 4.74 Å². The minimum absolute atomic E-state index is 0.0934. The Morgan fingerprint density at radius 3 is 2.86 bits per heavy atom. The summed E-state index contributed by atoms with van der Waals surface area (Å²) in [5, 5.41) is 13.0. The number of aromatic nitrogens is 7. The van der Waals surface area contributed by atoms with Crippen LogP contribution < -0.4 is 4.74 Å². The predicted octanol–water partition coefficient (Wildman–Crippen LogP) is 2.18. The van der Waals surface area contributed by atoms with Gasteiger partial charge in [-0.1, -0.05) is 12.8 Å². The van der Waals surface area contributed by atoms with E-state index >= 15 is 0 Å². The number of rotatable bonds is 5. The van der Waals surface area contributed by atoms with Crippen LogP contribution in [0.15, 0.2) is 10.3 Å². The van der Waals surface area contributed by atoms with Crippen molar-refractivity contribution in [2.24, 2.45) is 0 Å². The molecule has 10 heteroatoms. The van der Waals surface area contributed by atoms with Crippen LogP contribution in [-0.4, -0.2) is 41.8 Å². The van der Waals surface area contributed by atoms with Gasteiger partial charge in [0, 0.05) is 0 Å². The maximum atomic E-state index is 5.88. The van der Waals surface area contributed by atoms with Crippen molar-refractivity contribution < 1.29 is 4.74 Å². The number of hydrogen-bond donors (Lipinski definition) is 0. The second-order valence-electron chi connectivity index (χ2n) is 4.55. The summed E-state index contributed by atoms with van der Waals surface area (Å²) in [6, 6.07) is 0.561. The van der Waals surface area contributed by atoms with Crippen molar-refractivity contribution in [2.75, 3.05) is 6.61 Å². The average Bonchev–Trinajstić information content (AvgIpc) is 3.08. The molecule has 0 saturated heterocycles. The summed E-state index contributed by atoms with van der Waals surface area (Å²) in [4.78, 5) is 12.2. The molecule has 0 amide bonds. The Morgan fingerprint density at radius 2 is 2.10 bits per heavy atom. The zero-order chi connectivity index (χ0) is 14.7. The highest BCUT2D eigenvalue weighted by Crippen LogP contribution is 2.33. The van der Waals surface area contributed by atoms with Crippen LogP contribution >= 0.6 is 23.4 Å². The van der Waals surface area contributed by atoms with Crippen LogP contribution in [-0.2, 0) is 0 Å². The van der Waals surface area contributed by atoms with Crippen LogP contribution in [0.1, 0.15) is 38.6 Å². The summed E-state index contributed by atoms with van der Waals surface area (Å²) in [7, 11) is 0. The van der Waals surface area contributed by atoms with Gasteiger partial charge in [0.15, 0.2) is 0 Å². The molecule has 0 bridgehead atoms. The molecule has 0 aliphatic heterocycles. The number of hydrogen-bond acceptors (Lipinski definition) is 8. The van der Waals surface area contributed by atoms with Gasteiger partial charge in [0.05, 0.1) is 12.6 Å². The first-order valence-electron chi connectivity index (χ1n) is 6.76. The Hall–Kier alpha value is -1.48. The normalized spacial score (nSPS) is 15.5. The van der Waals surface area contributed by atoms with E-state index in [9.17, 15) is 0 Å². The molecule has 8 nitrogen and oxygen atoms in total. The summed E-state index contributed by atoms with van der Waals surface area (Å²) in [6.07, 6.45) is 4.61. The highest BCUT2D eigenvalue weighted by Gasteiger charge is 2.22. The molecule has 1 aliphatic rings. The first-order valence-corrected chi connectivity index (χ1v) is 7.96. The van der Waals surface area contributed by atoms with Crippen LogP contribution in [0.3, 0.4) is 0 Å². The van der Waals surface area contributed by atoms with Gasteiger partial charge in [-0.2, -0.15) is 15.0 Å². The lowest BCUT2D eigenvalue weighted by Crippen LogP contribution is -2.08. The van der Waals surface area contributed by atoms with Gasteiger partial charge in [0.25, 0.3) is 0 Å². The quantitative estimate of drug-likeness (QED) is 0.825. The lowest BCUT2D eigenvalue weighted by atomic mass is 10.3. The van der Waals surface area contributed by atoms with Gasteiger partial charge in [-0.25, -0.2) is 4.68 Å². The second-order valence-corrected chi connectivity index (χ2v) is 5.82. The van der Waals surface area contributed by atoms with E-state index in [0.717, 1.165) is 12.8 Å². The minimum Gasteiger partial charge on any atom is -0.464 e. The van der Waals surface area contributed by atoms with Crippen molar-refractivity contribution in [3.8, 4) is 6.01 Å². The zero-order valence-electron chi connectivity index (χ0n) is 11.4. The zero-order valence-corrected chi connectivity index (χ0v) is 13.0. The van der Waals surface area contributed by atoms with Gasteiger partial charge in [-0.05, 0) is 53.6 Å². The lowest BCUT2D eigenvalue weighted by molar-refractivity contribution is 0.307. The molecule has 0 radical (unpaired) electrons. The number of halogens is 1. The van der Waals surface area contributed by atoms with Crippen molar-refractivity contribution in [3.63, 3.8) is 0 Å². The van der Waals surface area contributed by atoms with Gasteiger partial charge in [0.1, 0.15) is 0 Å². The van der Waals surface area contributed by atoms with E-state index in [2.05, 4.69) is 30.5 Å². The standard InChI is InChI=1S/C11H14ClN7OS/c1-2-20-9-13-8(12)14-10(15-9)21-11-16-17-18-19(11)7-5-3-4-6-7/h7H,2-6H2,1H3. The highest BCUT2D eigenvalue weighted by molar-refractivity contribution is 7.99. The van der Waals surface area contributed by atoms with Gasteiger partial charge in [-0.3, -0.25) is 0 Å². The van der Waals surface area contributed by atoms with Crippen LogP contribution in [0.2, 0.25) is 5.28 Å². The highest BCUT2D eigenvalue weighted by atomic mass is 35.5. The molecule has 0 spiro atoms. The van der Waals surface area contributed by atoms with E-state index in [-0.39, 0.29) is 11.3 Å². The molecule has 0 aromatic carbocycles. The third kappa shape index (κ3) is 3.41. The Kier molecular flexibility index (Phi) is 4.49. The Balaban J connectivity index is 1.82. The molecule has 2 aromatic rings. The first-order chi connectivity index (χ1) is 10.3. The van der Waals surface area contributed by atoms with Crippen molar-refractivity contribution in [1.29, 1.82) is 0 Å². The minimum atomic E-state index is 0.0934. The van der Waals surface area contributed by atoms with Crippen molar-refractivity contribution >= 4 is 23.4 Å². The van der Waals surface area contributed by atoms with Crippen LogP contribution in [0.5, 0.6) is 6.01 Å². The average molecular weight is 328 g/mol. The molecule has 0 atom stereocenters. The Morgan fingerprint density at radius 1 is 1.29 bits per heavy atom. The molecule has 1 aliphatic carbocycles. The predicted molar refractivity (Wildman–Crippen MR) is 75.5 cm³/mol. The molecule has 1 saturated carbocycles. The largest absolute Gasteiger partial charge is 0.464 e. The van der Waals surface area contributed by atoms with Gasteiger partial charge >= 0.3 is 6.01 Å². The van der Waals surface area contributed by atoms with Crippen molar-refractivity contribution in [1.82, 2.24) is 35.2 Å². The number of tetrazole rings is 1. The molecule has 112 valence electrons. The molecule has 2 aromatic heterocycles. The van der Waals surface area contributed by atoms with E-state index in [1.165, 1.54) is 24.6 Å². The smallest absolute Gasteiger partial charge is 0.321 e. The van der Waals surface area contributed by atoms with E-state index in [0.29, 0.717) is 23.0 Å². The maximum absolute atomic E-state index is 5.88. The van der Waals surface area contributed by atoms with Gasteiger partial charge in [-0.15, -0.1) is 5.10 Å². The summed E-state index contributed by atoms with van der Waals surface area (Å²) in [6.45, 7) is 2.31. The van der Waals surface area contributed by atoms with E-state index in [1.54, 1.807) is 0 Å². The first kappa shape index (κ1) is 14.5. The summed E-state index contributed by atoms with van der Waals surface area (Å²) in [5.74, 6) is 0. The third-order valence-electron chi connectivity index (χ3n) is 3.16. The molecular weight excluding hydrogens is 314 g/mol. The summed E-state index contributed by atoms with van der Waals surface area (Å²) < 4.78 is 7.10. The molecule has 0 N–H and O–H groups in total. The van der Waals surface area contributed by atoms with E-state index < -0.39 is 0 Å². The summed E-state index contributed by atoms with van der Waals surface area (Å²) in [5.41, 5.74) is 0. The lowest BCUT2D eigenvalue weighted by Gasteiger charge is -2.10. The Bertz CT molecular complexity index is 616. The van der Waals surface area contributed by atoms with Crippen LogP contribution in [0, 0.1) is 0 Å². The fraction of sp³-hybridized carbons (Fsp3) is 0.636. The fourth-order valence-corrected chi connectivity index (χ4v) is 3.24. The molecular formula is C11H14ClN7OS. The van der Waals surface area contributed by atoms with Crippen molar-refractivity contribution in [3.05, 3.63) is 5.28 Å². The molecule has 21 heavy (non-hydrogen) atoms. The fourth-order valence-electron chi connectivity index (χ4n) is 2.27. The maximum Gasteiger partial charge on any atom is 0.321 e. The number of ether oxygens (including phenoxy) is 1. The SMILES string of the molecule is CCOc1nc(Cl)nc(Sc2nnnn2C2CCCC2)n1. The monoisotopic (exact) mass is 327 g/mol. The topological polar surface area (TPSA) is 91.5 Å². The molecule has 1 fully saturated rings. The Labute approximate surface area is 130 Å². The van der Waals surface area contributed by atoms with Crippen molar-refractivity contribution in [2.45, 2.75) is 49.0 Å². The third-order valence-corrected chi connectivity index (χ3v) is 4.14. The molecule has 3 rings (SSSR count). The van der Waals surface area contributed by atoms with E-state index in [1.807, 2.05) is 11.6 Å². The number of nitrogens with zero attached hydrogens (tertiary/aromatic N) is 7.